The van der Waals surface area contributed by atoms with E-state index in [-0.39, 0.29) is 0 Å². The second-order valence-electron chi connectivity index (χ2n) is 4.24. The SMILES string of the molecule is COCCN(Cc1cccnc1N)C1CC1. The predicted molar refractivity (Wildman–Crippen MR) is 64.0 cm³/mol. The molecule has 1 saturated carbocycles. The lowest BCUT2D eigenvalue weighted by Gasteiger charge is -2.21. The number of nitrogen functional groups attached to an aromatic ring is 1. The second-order valence-corrected chi connectivity index (χ2v) is 4.24. The van der Waals surface area contributed by atoms with E-state index in [1.54, 1.807) is 13.3 Å². The van der Waals surface area contributed by atoms with Gasteiger partial charge in [0.1, 0.15) is 5.82 Å². The number of methoxy groups -OCH3 is 1. The van der Waals surface area contributed by atoms with E-state index < -0.39 is 0 Å². The molecule has 2 rings (SSSR count). The van der Waals surface area contributed by atoms with Crippen molar-refractivity contribution in [2.24, 2.45) is 0 Å². The number of aromatic nitrogens is 1. The zero-order chi connectivity index (χ0) is 11.4. The quantitative estimate of drug-likeness (QED) is 0.786. The Labute approximate surface area is 96.4 Å². The molecule has 1 heterocycles. The summed E-state index contributed by atoms with van der Waals surface area (Å²) in [7, 11) is 1.74. The Bertz CT molecular complexity index is 339. The molecule has 1 aliphatic carbocycles. The number of ether oxygens (including phenoxy) is 1. The average Bonchev–Trinajstić information content (AvgIpc) is 3.10. The molecule has 88 valence electrons. The Morgan fingerprint density at radius 1 is 1.56 bits per heavy atom. The molecule has 0 aromatic carbocycles. The van der Waals surface area contributed by atoms with E-state index >= 15 is 0 Å². The first-order chi connectivity index (χ1) is 7.81. The molecule has 0 saturated heterocycles. The zero-order valence-electron chi connectivity index (χ0n) is 9.72. The summed E-state index contributed by atoms with van der Waals surface area (Å²) in [6.07, 6.45) is 4.32. The van der Waals surface area contributed by atoms with Crippen molar-refractivity contribution in [3.8, 4) is 0 Å². The summed E-state index contributed by atoms with van der Waals surface area (Å²) >= 11 is 0. The van der Waals surface area contributed by atoms with Crippen LogP contribution in [0.1, 0.15) is 18.4 Å². The van der Waals surface area contributed by atoms with Gasteiger partial charge >= 0.3 is 0 Å². The Morgan fingerprint density at radius 2 is 2.38 bits per heavy atom. The Kier molecular flexibility index (Phi) is 3.74. The van der Waals surface area contributed by atoms with E-state index in [1.165, 1.54) is 12.8 Å². The predicted octanol–water partition coefficient (Wildman–Crippen LogP) is 1.27. The van der Waals surface area contributed by atoms with Crippen molar-refractivity contribution in [3.05, 3.63) is 23.9 Å². The summed E-state index contributed by atoms with van der Waals surface area (Å²) in [5, 5.41) is 0. The van der Waals surface area contributed by atoms with Gasteiger partial charge in [-0.1, -0.05) is 6.07 Å². The molecule has 1 aromatic heterocycles. The third kappa shape index (κ3) is 2.93. The monoisotopic (exact) mass is 221 g/mol. The molecule has 2 N–H and O–H groups in total. The third-order valence-electron chi connectivity index (χ3n) is 2.95. The van der Waals surface area contributed by atoms with Crippen molar-refractivity contribution in [1.82, 2.24) is 9.88 Å². The molecular weight excluding hydrogens is 202 g/mol. The van der Waals surface area contributed by atoms with Gasteiger partial charge in [0.05, 0.1) is 6.61 Å². The van der Waals surface area contributed by atoms with Crippen LogP contribution in [0.3, 0.4) is 0 Å². The fourth-order valence-electron chi connectivity index (χ4n) is 1.84. The van der Waals surface area contributed by atoms with Crippen LogP contribution >= 0.6 is 0 Å². The van der Waals surface area contributed by atoms with Crippen molar-refractivity contribution >= 4 is 5.82 Å². The highest BCUT2D eigenvalue weighted by molar-refractivity contribution is 5.38. The lowest BCUT2D eigenvalue weighted by Crippen LogP contribution is -2.29. The maximum atomic E-state index is 5.85. The highest BCUT2D eigenvalue weighted by atomic mass is 16.5. The van der Waals surface area contributed by atoms with Gasteiger partial charge in [-0.15, -0.1) is 0 Å². The summed E-state index contributed by atoms with van der Waals surface area (Å²) < 4.78 is 5.13. The van der Waals surface area contributed by atoms with E-state index in [0.29, 0.717) is 5.82 Å². The molecular formula is C12H19N3O. The molecule has 0 aliphatic heterocycles. The van der Waals surface area contributed by atoms with E-state index in [4.69, 9.17) is 10.5 Å². The number of nitrogens with zero attached hydrogens (tertiary/aromatic N) is 2. The maximum absolute atomic E-state index is 5.85. The first-order valence-electron chi connectivity index (χ1n) is 5.73. The van der Waals surface area contributed by atoms with E-state index in [9.17, 15) is 0 Å². The van der Waals surface area contributed by atoms with Crippen LogP contribution in [0.4, 0.5) is 5.82 Å². The van der Waals surface area contributed by atoms with Crippen LogP contribution in [0, 0.1) is 0 Å². The van der Waals surface area contributed by atoms with Crippen LogP contribution in [0.15, 0.2) is 18.3 Å². The average molecular weight is 221 g/mol. The maximum Gasteiger partial charge on any atom is 0.127 e. The summed E-state index contributed by atoms with van der Waals surface area (Å²) in [6, 6.07) is 4.70. The van der Waals surface area contributed by atoms with Gasteiger partial charge in [0.15, 0.2) is 0 Å². The minimum atomic E-state index is 0.644. The molecule has 0 unspecified atom stereocenters. The molecule has 4 heteroatoms. The summed E-state index contributed by atoms with van der Waals surface area (Å²) in [5.41, 5.74) is 6.97. The minimum absolute atomic E-state index is 0.644. The Balaban J connectivity index is 1.97. The van der Waals surface area contributed by atoms with Gasteiger partial charge in [0, 0.05) is 38.0 Å². The van der Waals surface area contributed by atoms with Crippen molar-refractivity contribution in [1.29, 1.82) is 0 Å². The van der Waals surface area contributed by atoms with Gasteiger partial charge in [0.25, 0.3) is 0 Å². The molecule has 0 radical (unpaired) electrons. The van der Waals surface area contributed by atoms with E-state index in [2.05, 4.69) is 9.88 Å². The van der Waals surface area contributed by atoms with Crippen LogP contribution in [0.5, 0.6) is 0 Å². The largest absolute Gasteiger partial charge is 0.383 e. The molecule has 0 spiro atoms. The summed E-state index contributed by atoms with van der Waals surface area (Å²) in [6.45, 7) is 2.62. The third-order valence-corrected chi connectivity index (χ3v) is 2.95. The first-order valence-corrected chi connectivity index (χ1v) is 5.73. The molecule has 1 fully saturated rings. The molecule has 1 aromatic rings. The lowest BCUT2D eigenvalue weighted by atomic mass is 10.2. The molecule has 0 atom stereocenters. The highest BCUT2D eigenvalue weighted by Gasteiger charge is 2.28. The van der Waals surface area contributed by atoms with Gasteiger partial charge in [-0.2, -0.15) is 0 Å². The lowest BCUT2D eigenvalue weighted by molar-refractivity contribution is 0.139. The summed E-state index contributed by atoms with van der Waals surface area (Å²) in [4.78, 5) is 6.54. The van der Waals surface area contributed by atoms with Crippen LogP contribution < -0.4 is 5.73 Å². The summed E-state index contributed by atoms with van der Waals surface area (Å²) in [5.74, 6) is 0.644. The van der Waals surface area contributed by atoms with Crippen molar-refractivity contribution in [3.63, 3.8) is 0 Å². The standard InChI is InChI=1S/C12H19N3O/c1-16-8-7-15(11-4-5-11)9-10-3-2-6-14-12(10)13/h2-3,6,11H,4-5,7-9H2,1H3,(H2,13,14). The highest BCUT2D eigenvalue weighted by Crippen LogP contribution is 2.28. The number of pyridine rings is 1. The van der Waals surface area contributed by atoms with Crippen molar-refractivity contribution in [2.45, 2.75) is 25.4 Å². The van der Waals surface area contributed by atoms with E-state index in [1.807, 2.05) is 12.1 Å². The molecule has 4 nitrogen and oxygen atoms in total. The zero-order valence-corrected chi connectivity index (χ0v) is 9.72. The van der Waals surface area contributed by atoms with Crippen LogP contribution in [-0.2, 0) is 11.3 Å². The number of rotatable bonds is 6. The van der Waals surface area contributed by atoms with Gasteiger partial charge < -0.3 is 10.5 Å². The van der Waals surface area contributed by atoms with Crippen LogP contribution in [0.25, 0.3) is 0 Å². The molecule has 16 heavy (non-hydrogen) atoms. The topological polar surface area (TPSA) is 51.4 Å². The molecule has 0 amide bonds. The van der Waals surface area contributed by atoms with Crippen LogP contribution in [-0.4, -0.2) is 36.2 Å². The van der Waals surface area contributed by atoms with Crippen molar-refractivity contribution in [2.75, 3.05) is 26.0 Å². The molecule has 0 bridgehead atoms. The van der Waals surface area contributed by atoms with Gasteiger partial charge in [0.2, 0.25) is 0 Å². The fourth-order valence-corrected chi connectivity index (χ4v) is 1.84. The first kappa shape index (κ1) is 11.4. The number of hydrogen-bond acceptors (Lipinski definition) is 4. The Hall–Kier alpha value is -1.13. The smallest absolute Gasteiger partial charge is 0.127 e. The number of anilines is 1. The molecule has 1 aliphatic rings. The second kappa shape index (κ2) is 5.27. The van der Waals surface area contributed by atoms with Crippen LogP contribution in [0.2, 0.25) is 0 Å². The number of nitrogens with two attached hydrogens (primary N) is 1. The van der Waals surface area contributed by atoms with Crippen molar-refractivity contribution < 1.29 is 4.74 Å². The van der Waals surface area contributed by atoms with Gasteiger partial charge in [-0.25, -0.2) is 4.98 Å². The number of hydrogen-bond donors (Lipinski definition) is 1. The van der Waals surface area contributed by atoms with Gasteiger partial charge in [-0.3, -0.25) is 4.90 Å². The fraction of sp³-hybridized carbons (Fsp3) is 0.583. The normalized spacial score (nSPS) is 15.6. The minimum Gasteiger partial charge on any atom is -0.383 e. The Morgan fingerprint density at radius 3 is 3.00 bits per heavy atom. The van der Waals surface area contributed by atoms with E-state index in [0.717, 1.165) is 31.3 Å². The van der Waals surface area contributed by atoms with Gasteiger partial charge in [-0.05, 0) is 18.9 Å².